The molecule has 0 radical (unpaired) electrons. The Morgan fingerprint density at radius 3 is 2.53 bits per heavy atom. The van der Waals surface area contributed by atoms with Crippen LogP contribution in [0.1, 0.15) is 50.1 Å². The number of likely N-dealkylation sites (tertiary alicyclic amines) is 1. The second-order valence-electron chi connectivity index (χ2n) is 11.9. The lowest BCUT2D eigenvalue weighted by molar-refractivity contribution is -0.146. The van der Waals surface area contributed by atoms with Gasteiger partial charge < -0.3 is 14.5 Å². The number of hydrogen-bond donors (Lipinski definition) is 0. The van der Waals surface area contributed by atoms with Crippen LogP contribution in [0, 0.1) is 0 Å². The van der Waals surface area contributed by atoms with E-state index < -0.39 is 17.6 Å². The standard InChI is InChI=1S/C31H36F3N7O3S/c1-5-23(42)39-15-18(2)40(19(3)16-39)27-25-26(36-30(37-27)44-17-45-24-13-8-14-38(24)4)28(43)41(29(35-25)31(32,33)34)22-12-7-10-20-9-6-11-21(20)22/h5,7,10,12,18-19,24H,1,6,8-9,11,13-17H2,2-4H3/t18-,19-,24?/m0/s1. The lowest BCUT2D eigenvalue weighted by Crippen LogP contribution is -2.58. The zero-order chi connectivity index (χ0) is 32.0. The van der Waals surface area contributed by atoms with Crippen molar-refractivity contribution < 1.29 is 22.7 Å². The maximum Gasteiger partial charge on any atom is 0.450 e. The van der Waals surface area contributed by atoms with Gasteiger partial charge in [0.2, 0.25) is 11.7 Å². The predicted octanol–water partition coefficient (Wildman–Crippen LogP) is 4.42. The average Bonchev–Trinajstić information content (AvgIpc) is 3.65. The van der Waals surface area contributed by atoms with Gasteiger partial charge in [-0.25, -0.2) is 4.98 Å². The molecule has 2 aliphatic heterocycles. The van der Waals surface area contributed by atoms with E-state index in [4.69, 9.17) is 4.74 Å². The van der Waals surface area contributed by atoms with Gasteiger partial charge in [-0.05, 0) is 82.8 Å². The molecule has 1 unspecified atom stereocenters. The van der Waals surface area contributed by atoms with Gasteiger partial charge in [0.1, 0.15) is 11.5 Å². The number of ether oxygens (including phenoxy) is 1. The van der Waals surface area contributed by atoms with Crippen molar-refractivity contribution in [3.05, 3.63) is 58.2 Å². The first-order valence-electron chi connectivity index (χ1n) is 15.2. The SMILES string of the molecule is C=CC(=O)N1C[C@H](C)N(c2nc(OCSC3CCCN3C)nc3c(=O)n(-c4cccc5c4CCC5)c(C(F)(F)F)nc23)[C@@H](C)C1. The van der Waals surface area contributed by atoms with Gasteiger partial charge in [0.25, 0.3) is 5.56 Å². The molecule has 1 amide bonds. The summed E-state index contributed by atoms with van der Waals surface area (Å²) < 4.78 is 50.9. The van der Waals surface area contributed by atoms with Crippen LogP contribution < -0.4 is 15.2 Å². The highest BCUT2D eigenvalue weighted by atomic mass is 32.2. The van der Waals surface area contributed by atoms with Crippen LogP contribution in [0.5, 0.6) is 6.01 Å². The summed E-state index contributed by atoms with van der Waals surface area (Å²) in [5.41, 5.74) is 0.338. The van der Waals surface area contributed by atoms with Crippen molar-refractivity contribution in [2.75, 3.05) is 37.5 Å². The molecule has 6 rings (SSSR count). The number of aromatic nitrogens is 4. The molecule has 0 N–H and O–H groups in total. The number of piperazine rings is 1. The van der Waals surface area contributed by atoms with Gasteiger partial charge in [0.15, 0.2) is 11.3 Å². The molecule has 45 heavy (non-hydrogen) atoms. The van der Waals surface area contributed by atoms with E-state index in [1.54, 1.807) is 27.6 Å². The summed E-state index contributed by atoms with van der Waals surface area (Å²) in [6.45, 7) is 8.81. The van der Waals surface area contributed by atoms with E-state index >= 15 is 0 Å². The highest BCUT2D eigenvalue weighted by molar-refractivity contribution is 7.99. The second-order valence-corrected chi connectivity index (χ2v) is 13.0. The lowest BCUT2D eigenvalue weighted by Gasteiger charge is -2.45. The Bertz CT molecular complexity index is 1690. The van der Waals surface area contributed by atoms with Crippen LogP contribution >= 0.6 is 11.8 Å². The first-order chi connectivity index (χ1) is 21.5. The van der Waals surface area contributed by atoms with E-state index in [0.29, 0.717) is 16.6 Å². The first-order valence-corrected chi connectivity index (χ1v) is 16.2. The monoisotopic (exact) mass is 643 g/mol. The van der Waals surface area contributed by atoms with Crippen LogP contribution in [0.3, 0.4) is 0 Å². The predicted molar refractivity (Wildman–Crippen MR) is 167 cm³/mol. The molecular weight excluding hydrogens is 607 g/mol. The number of thioether (sulfide) groups is 1. The van der Waals surface area contributed by atoms with Crippen molar-refractivity contribution in [2.45, 2.75) is 69.6 Å². The van der Waals surface area contributed by atoms with Gasteiger partial charge in [-0.1, -0.05) is 18.7 Å². The van der Waals surface area contributed by atoms with E-state index in [1.807, 2.05) is 27.0 Å². The number of carbonyl (C=O) groups is 1. The molecular formula is C31H36F3N7O3S. The summed E-state index contributed by atoms with van der Waals surface area (Å²) in [6, 6.07) is 4.22. The van der Waals surface area contributed by atoms with Crippen molar-refractivity contribution in [2.24, 2.45) is 0 Å². The molecule has 3 aromatic rings. The van der Waals surface area contributed by atoms with Crippen LogP contribution in [0.15, 0.2) is 35.6 Å². The number of alkyl halides is 3. The van der Waals surface area contributed by atoms with Gasteiger partial charge >= 0.3 is 12.2 Å². The third kappa shape index (κ3) is 5.89. The Labute approximate surface area is 263 Å². The van der Waals surface area contributed by atoms with Crippen molar-refractivity contribution in [1.82, 2.24) is 29.3 Å². The average molecular weight is 644 g/mol. The quantitative estimate of drug-likeness (QED) is 0.274. The molecule has 3 atom stereocenters. The Balaban J connectivity index is 1.52. The summed E-state index contributed by atoms with van der Waals surface area (Å²) in [5, 5.41) is 0.258. The van der Waals surface area contributed by atoms with Gasteiger partial charge in [0.05, 0.1) is 11.1 Å². The van der Waals surface area contributed by atoms with Crippen LogP contribution in [0.2, 0.25) is 0 Å². The summed E-state index contributed by atoms with van der Waals surface area (Å²) in [4.78, 5) is 45.4. The summed E-state index contributed by atoms with van der Waals surface area (Å²) in [6.07, 6.45) is 0.459. The number of hydrogen-bond acceptors (Lipinski definition) is 9. The van der Waals surface area contributed by atoms with Crippen LogP contribution in [-0.4, -0.2) is 85.3 Å². The van der Waals surface area contributed by atoms with Crippen molar-refractivity contribution in [3.63, 3.8) is 0 Å². The molecule has 4 heterocycles. The maximum absolute atomic E-state index is 14.8. The number of anilines is 1. The van der Waals surface area contributed by atoms with Crippen molar-refractivity contribution >= 4 is 34.5 Å². The van der Waals surface area contributed by atoms with Crippen LogP contribution in [-0.2, 0) is 23.8 Å². The summed E-state index contributed by atoms with van der Waals surface area (Å²) in [7, 11) is 2.04. The van der Waals surface area contributed by atoms with E-state index in [0.717, 1.165) is 37.8 Å². The molecule has 0 spiro atoms. The minimum Gasteiger partial charge on any atom is -0.452 e. The van der Waals surface area contributed by atoms with Gasteiger partial charge in [-0.2, -0.15) is 23.1 Å². The third-order valence-electron chi connectivity index (χ3n) is 8.85. The highest BCUT2D eigenvalue weighted by Crippen LogP contribution is 2.36. The zero-order valence-corrected chi connectivity index (χ0v) is 26.3. The van der Waals surface area contributed by atoms with Gasteiger partial charge in [-0.3, -0.25) is 19.1 Å². The molecule has 0 saturated carbocycles. The third-order valence-corrected chi connectivity index (χ3v) is 10.1. The number of fused-ring (bicyclic) bond motifs is 2. The molecule has 3 aliphatic rings. The second kappa shape index (κ2) is 12.3. The summed E-state index contributed by atoms with van der Waals surface area (Å²) in [5.74, 6) is -1.31. The van der Waals surface area contributed by atoms with E-state index in [2.05, 4.69) is 26.4 Å². The number of amides is 1. The zero-order valence-electron chi connectivity index (χ0n) is 25.5. The fourth-order valence-corrected chi connectivity index (χ4v) is 7.83. The summed E-state index contributed by atoms with van der Waals surface area (Å²) >= 11 is 1.57. The molecule has 2 fully saturated rings. The molecule has 10 nitrogen and oxygen atoms in total. The Hall–Kier alpha value is -3.65. The molecule has 2 aromatic heterocycles. The number of aryl methyl sites for hydroxylation is 1. The molecule has 0 bridgehead atoms. The number of rotatable bonds is 7. The van der Waals surface area contributed by atoms with E-state index in [9.17, 15) is 22.8 Å². The van der Waals surface area contributed by atoms with Crippen molar-refractivity contribution in [1.29, 1.82) is 0 Å². The number of benzene rings is 1. The molecule has 240 valence electrons. The molecule has 14 heteroatoms. The molecule has 1 aromatic carbocycles. The minimum atomic E-state index is -4.95. The minimum absolute atomic E-state index is 0.0664. The number of carbonyl (C=O) groups excluding carboxylic acids is 1. The van der Waals surface area contributed by atoms with Crippen LogP contribution in [0.25, 0.3) is 16.7 Å². The van der Waals surface area contributed by atoms with Gasteiger partial charge in [0, 0.05) is 25.2 Å². The molecule has 2 saturated heterocycles. The highest BCUT2D eigenvalue weighted by Gasteiger charge is 2.41. The Kier molecular flexibility index (Phi) is 8.55. The number of halogens is 3. The first kappa shape index (κ1) is 31.3. The normalized spacial score (nSPS) is 22.2. The topological polar surface area (TPSA) is 96.7 Å². The number of nitrogens with zero attached hydrogens (tertiary/aromatic N) is 7. The fraction of sp³-hybridized carbons (Fsp3) is 0.516. The van der Waals surface area contributed by atoms with E-state index in [-0.39, 0.29) is 70.9 Å². The molecule has 1 aliphatic carbocycles. The smallest absolute Gasteiger partial charge is 0.450 e. The fourth-order valence-electron chi connectivity index (χ4n) is 6.81. The van der Waals surface area contributed by atoms with E-state index in [1.165, 1.54) is 12.1 Å². The van der Waals surface area contributed by atoms with Crippen molar-refractivity contribution in [3.8, 4) is 11.7 Å². The largest absolute Gasteiger partial charge is 0.452 e. The maximum atomic E-state index is 14.8. The van der Waals surface area contributed by atoms with Gasteiger partial charge in [-0.15, -0.1) is 11.8 Å². The van der Waals surface area contributed by atoms with Crippen LogP contribution in [0.4, 0.5) is 19.0 Å². The lowest BCUT2D eigenvalue weighted by atomic mass is 10.1. The Morgan fingerprint density at radius 2 is 1.87 bits per heavy atom. The Morgan fingerprint density at radius 1 is 1.11 bits per heavy atom.